The Balaban J connectivity index is 1.68. The molecule has 1 aromatic rings. The molecule has 0 bridgehead atoms. The molecule has 8 heteroatoms. The Labute approximate surface area is 141 Å². The molecule has 0 amide bonds. The van der Waals surface area contributed by atoms with Gasteiger partial charge in [-0.1, -0.05) is 0 Å². The van der Waals surface area contributed by atoms with Crippen molar-refractivity contribution in [3.8, 4) is 5.75 Å². The Morgan fingerprint density at radius 1 is 1.25 bits per heavy atom. The Hall–Kier alpha value is -1.22. The van der Waals surface area contributed by atoms with E-state index in [0.717, 1.165) is 12.5 Å². The number of rotatable bonds is 5. The molecule has 1 saturated heterocycles. The molecule has 0 spiro atoms. The van der Waals surface area contributed by atoms with Gasteiger partial charge in [0.15, 0.2) is 11.6 Å². The van der Waals surface area contributed by atoms with Crippen molar-refractivity contribution in [3.05, 3.63) is 24.0 Å². The highest BCUT2D eigenvalue weighted by Crippen LogP contribution is 2.28. The molecule has 1 aliphatic heterocycles. The molecular weight excluding hydrogens is 337 g/mol. The van der Waals surface area contributed by atoms with Crippen molar-refractivity contribution >= 4 is 10.0 Å². The van der Waals surface area contributed by atoms with Crippen LogP contribution in [0.2, 0.25) is 0 Å². The number of sulfonamides is 1. The van der Waals surface area contributed by atoms with Crippen LogP contribution in [0, 0.1) is 5.82 Å². The second kappa shape index (κ2) is 7.35. The number of hydrogen-bond acceptors (Lipinski definition) is 5. The zero-order valence-corrected chi connectivity index (χ0v) is 14.4. The highest BCUT2D eigenvalue weighted by atomic mass is 32.2. The first-order valence-electron chi connectivity index (χ1n) is 8.17. The monoisotopic (exact) mass is 359 g/mol. The molecule has 134 valence electrons. The van der Waals surface area contributed by atoms with Gasteiger partial charge in [-0.15, -0.1) is 0 Å². The molecule has 1 N–H and O–H groups in total. The first-order valence-corrected chi connectivity index (χ1v) is 9.66. The maximum Gasteiger partial charge on any atom is 0.240 e. The van der Waals surface area contributed by atoms with E-state index in [1.165, 1.54) is 12.1 Å². The van der Waals surface area contributed by atoms with Gasteiger partial charge < -0.3 is 14.2 Å². The van der Waals surface area contributed by atoms with E-state index in [-0.39, 0.29) is 28.9 Å². The van der Waals surface area contributed by atoms with Crippen molar-refractivity contribution < 1.29 is 27.0 Å². The van der Waals surface area contributed by atoms with Gasteiger partial charge in [0, 0.05) is 6.04 Å². The summed E-state index contributed by atoms with van der Waals surface area (Å²) in [5, 5.41) is 0. The van der Waals surface area contributed by atoms with Crippen molar-refractivity contribution in [2.24, 2.45) is 0 Å². The van der Waals surface area contributed by atoms with Crippen molar-refractivity contribution in [2.45, 2.75) is 49.3 Å². The first-order chi connectivity index (χ1) is 11.5. The fraction of sp³-hybridized carbons (Fsp3) is 0.625. The van der Waals surface area contributed by atoms with Crippen LogP contribution in [0.4, 0.5) is 4.39 Å². The largest absolute Gasteiger partial charge is 0.491 e. The molecule has 24 heavy (non-hydrogen) atoms. The lowest BCUT2D eigenvalue weighted by Gasteiger charge is -2.38. The molecular formula is C16H22FNO5S. The Morgan fingerprint density at radius 2 is 2.00 bits per heavy atom. The number of hydrogen-bond donors (Lipinski definition) is 1. The van der Waals surface area contributed by atoms with Crippen molar-refractivity contribution in [3.63, 3.8) is 0 Å². The summed E-state index contributed by atoms with van der Waals surface area (Å²) >= 11 is 0. The van der Waals surface area contributed by atoms with Gasteiger partial charge in [0.25, 0.3) is 0 Å². The molecule has 0 unspecified atom stereocenters. The number of nitrogens with one attached hydrogen (secondary N) is 1. The van der Waals surface area contributed by atoms with E-state index in [1.54, 1.807) is 6.92 Å². The average Bonchev–Trinajstić information content (AvgIpc) is 2.56. The van der Waals surface area contributed by atoms with Crippen LogP contribution in [0.1, 0.15) is 26.2 Å². The van der Waals surface area contributed by atoms with Crippen LogP contribution in [0.25, 0.3) is 0 Å². The summed E-state index contributed by atoms with van der Waals surface area (Å²) in [6.07, 6.45) is 1.93. The lowest BCUT2D eigenvalue weighted by molar-refractivity contribution is -0.156. The van der Waals surface area contributed by atoms with Crippen LogP contribution < -0.4 is 9.46 Å². The van der Waals surface area contributed by atoms with Crippen LogP contribution in [0.15, 0.2) is 23.1 Å². The molecule has 1 aliphatic carbocycles. The van der Waals surface area contributed by atoms with E-state index in [2.05, 4.69) is 4.72 Å². The first kappa shape index (κ1) is 17.6. The summed E-state index contributed by atoms with van der Waals surface area (Å²) in [5.74, 6) is -0.642. The van der Waals surface area contributed by atoms with E-state index in [9.17, 15) is 12.8 Å². The van der Waals surface area contributed by atoms with E-state index < -0.39 is 15.8 Å². The minimum Gasteiger partial charge on any atom is -0.491 e. The fourth-order valence-corrected chi connectivity index (χ4v) is 4.48. The Kier molecular flexibility index (Phi) is 5.39. The molecule has 2 fully saturated rings. The molecule has 1 aromatic carbocycles. The third-order valence-electron chi connectivity index (χ3n) is 4.31. The van der Waals surface area contributed by atoms with Gasteiger partial charge in [-0.05, 0) is 44.4 Å². The minimum absolute atomic E-state index is 0.0439. The topological polar surface area (TPSA) is 73.9 Å². The third kappa shape index (κ3) is 3.88. The van der Waals surface area contributed by atoms with Gasteiger partial charge in [-0.2, -0.15) is 0 Å². The van der Waals surface area contributed by atoms with Crippen molar-refractivity contribution in [1.29, 1.82) is 0 Å². The highest BCUT2D eigenvalue weighted by molar-refractivity contribution is 7.89. The Morgan fingerprint density at radius 3 is 2.71 bits per heavy atom. The smallest absolute Gasteiger partial charge is 0.240 e. The maximum absolute atomic E-state index is 13.9. The standard InChI is InChI=1S/C16H22FNO5S/c1-2-21-14-6-4-12(10-13(14)17)24(19,20)18-11-3-5-15-16(9-11)23-8-7-22-15/h4,6,10-11,15-16,18H,2-3,5,7-9H2,1H3/t11-,15-,16+/m1/s1. The number of fused-ring (bicyclic) bond motifs is 1. The highest BCUT2D eigenvalue weighted by Gasteiger charge is 2.35. The lowest BCUT2D eigenvalue weighted by atomic mass is 9.90. The SMILES string of the molecule is CCOc1ccc(S(=O)(=O)N[C@@H]2CC[C@H]3OCCO[C@H]3C2)cc1F. The molecule has 2 aliphatic rings. The normalized spacial score (nSPS) is 27.5. The van der Waals surface area contributed by atoms with Crippen LogP contribution in [0.5, 0.6) is 5.75 Å². The van der Waals surface area contributed by atoms with Crippen molar-refractivity contribution in [2.75, 3.05) is 19.8 Å². The quantitative estimate of drug-likeness (QED) is 0.868. The number of halogens is 1. The summed E-state index contributed by atoms with van der Waals surface area (Å²) < 4.78 is 57.9. The molecule has 1 saturated carbocycles. The van der Waals surface area contributed by atoms with E-state index in [4.69, 9.17) is 14.2 Å². The summed E-state index contributed by atoms with van der Waals surface area (Å²) in [4.78, 5) is -0.105. The van der Waals surface area contributed by atoms with Crippen LogP contribution in [-0.2, 0) is 19.5 Å². The Bertz CT molecular complexity index is 681. The van der Waals surface area contributed by atoms with Gasteiger partial charge in [-0.25, -0.2) is 17.5 Å². The van der Waals surface area contributed by atoms with Gasteiger partial charge in [0.05, 0.1) is 36.9 Å². The minimum atomic E-state index is -3.79. The molecule has 0 radical (unpaired) electrons. The van der Waals surface area contributed by atoms with Gasteiger partial charge in [0.1, 0.15) is 0 Å². The summed E-state index contributed by atoms with van der Waals surface area (Å²) in [5.41, 5.74) is 0. The zero-order valence-electron chi connectivity index (χ0n) is 13.5. The predicted octanol–water partition coefficient (Wildman–Crippen LogP) is 1.84. The molecule has 3 atom stereocenters. The van der Waals surface area contributed by atoms with Crippen molar-refractivity contribution in [1.82, 2.24) is 4.72 Å². The summed E-state index contributed by atoms with van der Waals surface area (Å²) in [7, 11) is -3.79. The molecule has 1 heterocycles. The van der Waals surface area contributed by atoms with Crippen LogP contribution >= 0.6 is 0 Å². The maximum atomic E-state index is 13.9. The fourth-order valence-electron chi connectivity index (χ4n) is 3.18. The van der Waals surface area contributed by atoms with E-state index in [1.807, 2.05) is 0 Å². The molecule has 6 nitrogen and oxygen atoms in total. The van der Waals surface area contributed by atoms with Gasteiger partial charge in [0.2, 0.25) is 10.0 Å². The average molecular weight is 359 g/mol. The number of benzene rings is 1. The third-order valence-corrected chi connectivity index (χ3v) is 5.83. The van der Waals surface area contributed by atoms with Gasteiger partial charge in [-0.3, -0.25) is 0 Å². The number of ether oxygens (including phenoxy) is 3. The van der Waals surface area contributed by atoms with E-state index >= 15 is 0 Å². The zero-order chi connectivity index (χ0) is 17.2. The predicted molar refractivity (Wildman–Crippen MR) is 85.0 cm³/mol. The van der Waals surface area contributed by atoms with Gasteiger partial charge >= 0.3 is 0 Å². The van der Waals surface area contributed by atoms with Crippen LogP contribution in [-0.4, -0.2) is 46.5 Å². The summed E-state index contributed by atoms with van der Waals surface area (Å²) in [6.45, 7) is 3.17. The second-order valence-corrected chi connectivity index (χ2v) is 7.69. The lowest BCUT2D eigenvalue weighted by Crippen LogP contribution is -2.49. The molecule has 0 aromatic heterocycles. The molecule has 3 rings (SSSR count). The summed E-state index contributed by atoms with van der Waals surface area (Å²) in [6, 6.07) is 3.43. The van der Waals surface area contributed by atoms with Crippen LogP contribution in [0.3, 0.4) is 0 Å². The van der Waals surface area contributed by atoms with E-state index in [0.29, 0.717) is 32.7 Å². The second-order valence-electron chi connectivity index (χ2n) is 5.97.